The Bertz CT molecular complexity index is 498. The monoisotopic (exact) mass is 234 g/mol. The van der Waals surface area contributed by atoms with Crippen LogP contribution in [0.1, 0.15) is 29.9 Å². The summed E-state index contributed by atoms with van der Waals surface area (Å²) in [6.45, 7) is 4.90. The van der Waals surface area contributed by atoms with Crippen LogP contribution in [0.15, 0.2) is 18.5 Å². The fourth-order valence-corrected chi connectivity index (χ4v) is 1.99. The maximum Gasteiger partial charge on any atom is 0.0911 e. The van der Waals surface area contributed by atoms with Crippen LogP contribution in [0.5, 0.6) is 0 Å². The van der Waals surface area contributed by atoms with E-state index in [1.165, 1.54) is 0 Å². The van der Waals surface area contributed by atoms with Crippen molar-refractivity contribution in [1.82, 2.24) is 25.0 Å². The highest BCUT2D eigenvalue weighted by molar-refractivity contribution is 5.28. The molecule has 92 valence electrons. The van der Waals surface area contributed by atoms with E-state index in [1.807, 2.05) is 35.6 Å². The molecule has 0 radical (unpaired) electrons. The van der Waals surface area contributed by atoms with Crippen LogP contribution in [-0.2, 0) is 13.6 Å². The minimum Gasteiger partial charge on any atom is -0.273 e. The fourth-order valence-electron chi connectivity index (χ4n) is 1.99. The van der Waals surface area contributed by atoms with Gasteiger partial charge < -0.3 is 0 Å². The molecule has 0 bridgehead atoms. The first kappa shape index (κ1) is 11.8. The van der Waals surface area contributed by atoms with E-state index in [0.717, 1.165) is 23.5 Å². The van der Waals surface area contributed by atoms with Gasteiger partial charge in [0.2, 0.25) is 0 Å². The number of aryl methyl sites for hydroxylation is 2. The second kappa shape index (κ2) is 4.68. The Morgan fingerprint density at radius 2 is 2.24 bits per heavy atom. The summed E-state index contributed by atoms with van der Waals surface area (Å²) in [7, 11) is 1.92. The number of rotatable bonds is 4. The Kier molecular flexibility index (Phi) is 3.26. The number of nitrogens with zero attached hydrogens (tertiary/aromatic N) is 4. The minimum atomic E-state index is -0.0776. The summed E-state index contributed by atoms with van der Waals surface area (Å²) >= 11 is 0. The number of hydrazine groups is 1. The zero-order valence-corrected chi connectivity index (χ0v) is 10.4. The second-order valence-corrected chi connectivity index (χ2v) is 3.98. The first-order valence-corrected chi connectivity index (χ1v) is 5.65. The third-order valence-electron chi connectivity index (χ3n) is 3.10. The van der Waals surface area contributed by atoms with E-state index in [9.17, 15) is 0 Å². The quantitative estimate of drug-likeness (QED) is 0.596. The molecule has 17 heavy (non-hydrogen) atoms. The maximum absolute atomic E-state index is 5.67. The molecule has 2 aromatic heterocycles. The molecule has 1 atom stereocenters. The average Bonchev–Trinajstić information content (AvgIpc) is 2.92. The Morgan fingerprint density at radius 1 is 1.47 bits per heavy atom. The lowest BCUT2D eigenvalue weighted by Crippen LogP contribution is -2.31. The van der Waals surface area contributed by atoms with Crippen molar-refractivity contribution in [2.45, 2.75) is 26.4 Å². The van der Waals surface area contributed by atoms with Crippen LogP contribution >= 0.6 is 0 Å². The van der Waals surface area contributed by atoms with Gasteiger partial charge in [0, 0.05) is 31.0 Å². The molecule has 2 rings (SSSR count). The molecule has 0 aliphatic rings. The number of nitrogens with one attached hydrogen (secondary N) is 1. The highest BCUT2D eigenvalue weighted by Crippen LogP contribution is 2.23. The molecule has 1 unspecified atom stereocenters. The van der Waals surface area contributed by atoms with E-state index >= 15 is 0 Å². The van der Waals surface area contributed by atoms with Crippen molar-refractivity contribution in [1.29, 1.82) is 0 Å². The number of hydrogen-bond acceptors (Lipinski definition) is 4. The van der Waals surface area contributed by atoms with Crippen molar-refractivity contribution < 1.29 is 0 Å². The van der Waals surface area contributed by atoms with E-state index in [0.29, 0.717) is 0 Å². The summed E-state index contributed by atoms with van der Waals surface area (Å²) in [5.41, 5.74) is 6.05. The van der Waals surface area contributed by atoms with Crippen molar-refractivity contribution in [3.05, 3.63) is 35.4 Å². The van der Waals surface area contributed by atoms with Crippen molar-refractivity contribution >= 4 is 0 Å². The smallest absolute Gasteiger partial charge is 0.0911 e. The predicted molar refractivity (Wildman–Crippen MR) is 65.0 cm³/mol. The summed E-state index contributed by atoms with van der Waals surface area (Å²) in [5.74, 6) is 5.67. The normalized spacial score (nSPS) is 12.9. The zero-order chi connectivity index (χ0) is 12.4. The first-order chi connectivity index (χ1) is 8.19. The largest absolute Gasteiger partial charge is 0.273 e. The molecular formula is C11H18N6. The standard InChI is InChI=1S/C11H18N6/c1-4-17-10(5-6-13-17)11(15-12)9-7-14-16(3)8(9)2/h5-7,11,15H,4,12H2,1-3H3. The molecule has 6 nitrogen and oxygen atoms in total. The molecule has 2 heterocycles. The molecule has 6 heteroatoms. The number of aromatic nitrogens is 4. The van der Waals surface area contributed by atoms with Crippen molar-refractivity contribution in [3.63, 3.8) is 0 Å². The molecule has 0 aliphatic carbocycles. The lowest BCUT2D eigenvalue weighted by atomic mass is 10.1. The number of hydrogen-bond donors (Lipinski definition) is 2. The molecule has 0 saturated heterocycles. The van der Waals surface area contributed by atoms with Crippen LogP contribution in [0.3, 0.4) is 0 Å². The Morgan fingerprint density at radius 3 is 2.76 bits per heavy atom. The van der Waals surface area contributed by atoms with E-state index in [-0.39, 0.29) is 6.04 Å². The Balaban J connectivity index is 2.44. The van der Waals surface area contributed by atoms with Gasteiger partial charge in [-0.25, -0.2) is 5.43 Å². The van der Waals surface area contributed by atoms with Crippen LogP contribution < -0.4 is 11.3 Å². The van der Waals surface area contributed by atoms with Gasteiger partial charge >= 0.3 is 0 Å². The van der Waals surface area contributed by atoms with E-state index in [1.54, 1.807) is 6.20 Å². The van der Waals surface area contributed by atoms with Crippen LogP contribution in [0.2, 0.25) is 0 Å². The van der Waals surface area contributed by atoms with Crippen molar-refractivity contribution in [3.8, 4) is 0 Å². The lowest BCUT2D eigenvalue weighted by Gasteiger charge is -2.17. The number of nitrogens with two attached hydrogens (primary N) is 1. The zero-order valence-electron chi connectivity index (χ0n) is 10.4. The molecule has 0 fully saturated rings. The Hall–Kier alpha value is -1.66. The molecule has 0 aromatic carbocycles. The second-order valence-electron chi connectivity index (χ2n) is 3.98. The summed E-state index contributed by atoms with van der Waals surface area (Å²) in [5, 5.41) is 8.50. The van der Waals surface area contributed by atoms with Crippen LogP contribution in [-0.4, -0.2) is 19.6 Å². The van der Waals surface area contributed by atoms with E-state index in [2.05, 4.69) is 22.5 Å². The van der Waals surface area contributed by atoms with E-state index < -0.39 is 0 Å². The molecule has 3 N–H and O–H groups in total. The average molecular weight is 234 g/mol. The molecular weight excluding hydrogens is 216 g/mol. The third kappa shape index (κ3) is 1.96. The summed E-state index contributed by atoms with van der Waals surface area (Å²) in [6, 6.07) is 1.90. The van der Waals surface area contributed by atoms with Gasteiger partial charge in [-0.3, -0.25) is 15.2 Å². The summed E-state index contributed by atoms with van der Waals surface area (Å²) in [6.07, 6.45) is 3.63. The van der Waals surface area contributed by atoms with Crippen molar-refractivity contribution in [2.75, 3.05) is 0 Å². The van der Waals surface area contributed by atoms with Gasteiger partial charge in [-0.1, -0.05) is 0 Å². The minimum absolute atomic E-state index is 0.0776. The SMILES string of the molecule is CCn1nccc1C(NN)c1cnn(C)c1C. The maximum atomic E-state index is 5.67. The Labute approximate surface area is 100 Å². The fraction of sp³-hybridized carbons (Fsp3) is 0.455. The third-order valence-corrected chi connectivity index (χ3v) is 3.10. The van der Waals surface area contributed by atoms with Crippen LogP contribution in [0.4, 0.5) is 0 Å². The van der Waals surface area contributed by atoms with Gasteiger partial charge in [0.05, 0.1) is 17.9 Å². The van der Waals surface area contributed by atoms with Gasteiger partial charge in [0.15, 0.2) is 0 Å². The molecule has 2 aromatic rings. The van der Waals surface area contributed by atoms with Crippen LogP contribution in [0, 0.1) is 6.92 Å². The van der Waals surface area contributed by atoms with Gasteiger partial charge in [0.25, 0.3) is 0 Å². The molecule has 0 aliphatic heterocycles. The van der Waals surface area contributed by atoms with Gasteiger partial charge in [0.1, 0.15) is 0 Å². The first-order valence-electron chi connectivity index (χ1n) is 5.65. The van der Waals surface area contributed by atoms with E-state index in [4.69, 9.17) is 5.84 Å². The highest BCUT2D eigenvalue weighted by Gasteiger charge is 2.20. The highest BCUT2D eigenvalue weighted by atomic mass is 15.3. The molecule has 0 amide bonds. The van der Waals surface area contributed by atoms with Crippen LogP contribution in [0.25, 0.3) is 0 Å². The molecule has 0 spiro atoms. The lowest BCUT2D eigenvalue weighted by molar-refractivity contribution is 0.541. The topological polar surface area (TPSA) is 73.7 Å². The van der Waals surface area contributed by atoms with Gasteiger partial charge in [-0.2, -0.15) is 10.2 Å². The summed E-state index contributed by atoms with van der Waals surface area (Å²) < 4.78 is 3.77. The molecule has 0 saturated carbocycles. The van der Waals surface area contributed by atoms with Gasteiger partial charge in [-0.05, 0) is 19.9 Å². The summed E-state index contributed by atoms with van der Waals surface area (Å²) in [4.78, 5) is 0. The van der Waals surface area contributed by atoms with Crippen molar-refractivity contribution in [2.24, 2.45) is 12.9 Å². The van der Waals surface area contributed by atoms with Gasteiger partial charge in [-0.15, -0.1) is 0 Å². The predicted octanol–water partition coefficient (Wildman–Crippen LogP) is 0.498.